The SMILES string of the molecule is CCc1cccc(-c2c(Cl)cccc2[C@](O)(CCCCOC)[C@@H]2CCCN(C(=O)CC(/N=N\C)=N/N)C2)c1. The number of hydrogen-bond acceptors (Lipinski definition) is 6. The van der Waals surface area contributed by atoms with Crippen molar-refractivity contribution in [3.8, 4) is 11.1 Å². The summed E-state index contributed by atoms with van der Waals surface area (Å²) in [6.45, 7) is 3.77. The minimum absolute atomic E-state index is 0.0287. The summed E-state index contributed by atoms with van der Waals surface area (Å²) in [4.78, 5) is 14.9. The monoisotopic (exact) mass is 541 g/mol. The number of aryl methyl sites for hydroxylation is 1. The summed E-state index contributed by atoms with van der Waals surface area (Å²) in [5.41, 5.74) is 2.65. The van der Waals surface area contributed by atoms with Crippen LogP contribution in [0.1, 0.15) is 56.6 Å². The van der Waals surface area contributed by atoms with E-state index in [0.29, 0.717) is 31.1 Å². The van der Waals surface area contributed by atoms with Gasteiger partial charge in [0, 0.05) is 50.4 Å². The van der Waals surface area contributed by atoms with E-state index in [9.17, 15) is 9.90 Å². The van der Waals surface area contributed by atoms with Gasteiger partial charge in [0.25, 0.3) is 0 Å². The standard InChI is InChI=1S/C29H40ClN5O3/c1-4-21-10-7-11-22(18-21)28-24(13-8-14-25(28)30)29(37,15-5-6-17-38-3)23-12-9-16-35(20-23)27(36)19-26(33-31)34-32-2/h7-8,10-11,13-14,18,23,37H,4-6,9,12,15-17,19-20,31H2,1-3H3/b33-26-,34-32-/t23-,29+/m1/s1. The van der Waals surface area contributed by atoms with Crippen molar-refractivity contribution in [1.29, 1.82) is 0 Å². The third-order valence-electron chi connectivity index (χ3n) is 7.38. The van der Waals surface area contributed by atoms with E-state index in [2.05, 4.69) is 34.4 Å². The molecule has 0 aliphatic carbocycles. The van der Waals surface area contributed by atoms with Crippen molar-refractivity contribution in [1.82, 2.24) is 4.90 Å². The lowest BCUT2D eigenvalue weighted by molar-refractivity contribution is -0.135. The van der Waals surface area contributed by atoms with Crippen molar-refractivity contribution in [3.05, 3.63) is 58.6 Å². The zero-order valence-corrected chi connectivity index (χ0v) is 23.5. The van der Waals surface area contributed by atoms with Gasteiger partial charge in [0.15, 0.2) is 5.84 Å². The maximum atomic E-state index is 13.1. The first-order valence-electron chi connectivity index (χ1n) is 13.3. The molecule has 0 saturated carbocycles. The van der Waals surface area contributed by atoms with Gasteiger partial charge >= 0.3 is 0 Å². The summed E-state index contributed by atoms with van der Waals surface area (Å²) in [7, 11) is 3.19. The minimum Gasteiger partial charge on any atom is -0.385 e. The number of carbonyl (C=O) groups is 1. The van der Waals surface area contributed by atoms with Crippen molar-refractivity contribution in [2.45, 2.75) is 57.5 Å². The van der Waals surface area contributed by atoms with Crippen molar-refractivity contribution in [2.75, 3.05) is 33.9 Å². The number of benzene rings is 2. The summed E-state index contributed by atoms with van der Waals surface area (Å²) in [6.07, 6.45) is 4.58. The lowest BCUT2D eigenvalue weighted by Gasteiger charge is -2.44. The third kappa shape index (κ3) is 7.18. The van der Waals surface area contributed by atoms with Crippen LogP contribution in [0.5, 0.6) is 0 Å². The summed E-state index contributed by atoms with van der Waals surface area (Å²) < 4.78 is 5.27. The van der Waals surface area contributed by atoms with Gasteiger partial charge in [-0.25, -0.2) is 0 Å². The molecule has 0 unspecified atom stereocenters. The zero-order valence-electron chi connectivity index (χ0n) is 22.7. The Balaban J connectivity index is 2.01. The van der Waals surface area contributed by atoms with Gasteiger partial charge in [0.2, 0.25) is 5.91 Å². The number of unbranched alkanes of at least 4 members (excludes halogenated alkanes) is 1. The molecule has 206 valence electrons. The van der Waals surface area contributed by atoms with E-state index in [-0.39, 0.29) is 24.1 Å². The Bertz CT molecular complexity index is 1140. The van der Waals surface area contributed by atoms with Gasteiger partial charge in [0.1, 0.15) is 0 Å². The maximum absolute atomic E-state index is 13.1. The minimum atomic E-state index is -1.19. The number of nitrogens with zero attached hydrogens (tertiary/aromatic N) is 4. The zero-order chi connectivity index (χ0) is 27.5. The number of piperidine rings is 1. The Morgan fingerprint density at radius 1 is 1.26 bits per heavy atom. The Labute approximate surface area is 230 Å². The number of amides is 1. The fourth-order valence-electron chi connectivity index (χ4n) is 5.39. The van der Waals surface area contributed by atoms with Crippen LogP contribution in [0.15, 0.2) is 57.8 Å². The number of likely N-dealkylation sites (tertiary alicyclic amines) is 1. The van der Waals surface area contributed by atoms with Crippen LogP contribution in [0.4, 0.5) is 0 Å². The molecule has 2 aromatic rings. The van der Waals surface area contributed by atoms with Gasteiger partial charge in [0.05, 0.1) is 12.0 Å². The van der Waals surface area contributed by atoms with Crippen LogP contribution in [-0.4, -0.2) is 55.6 Å². The molecule has 0 aromatic heterocycles. The molecule has 38 heavy (non-hydrogen) atoms. The molecule has 0 bridgehead atoms. The largest absolute Gasteiger partial charge is 0.385 e. The average molecular weight is 542 g/mol. The number of rotatable bonds is 11. The number of halogens is 1. The number of carbonyl (C=O) groups excluding carboxylic acids is 1. The Kier molecular flexibility index (Phi) is 11.2. The first-order valence-corrected chi connectivity index (χ1v) is 13.7. The van der Waals surface area contributed by atoms with E-state index in [1.165, 1.54) is 12.6 Å². The van der Waals surface area contributed by atoms with Crippen LogP contribution in [0, 0.1) is 5.92 Å². The smallest absolute Gasteiger partial charge is 0.230 e. The number of nitrogens with two attached hydrogens (primary N) is 1. The van der Waals surface area contributed by atoms with Gasteiger partial charge in [-0.2, -0.15) is 10.2 Å². The number of amidine groups is 1. The molecule has 2 aromatic carbocycles. The van der Waals surface area contributed by atoms with Crippen molar-refractivity contribution in [3.63, 3.8) is 0 Å². The molecule has 1 saturated heterocycles. The highest BCUT2D eigenvalue weighted by molar-refractivity contribution is 6.33. The predicted octanol–water partition coefficient (Wildman–Crippen LogP) is 5.56. The average Bonchev–Trinajstić information content (AvgIpc) is 2.94. The van der Waals surface area contributed by atoms with Crippen molar-refractivity contribution >= 4 is 23.3 Å². The highest BCUT2D eigenvalue weighted by Crippen LogP contribution is 2.46. The summed E-state index contributed by atoms with van der Waals surface area (Å²) in [5, 5.41) is 24.3. The first kappa shape index (κ1) is 29.7. The molecule has 3 rings (SSSR count). The highest BCUT2D eigenvalue weighted by Gasteiger charge is 2.43. The van der Waals surface area contributed by atoms with Crippen LogP contribution < -0.4 is 5.84 Å². The fraction of sp³-hybridized carbons (Fsp3) is 0.517. The number of hydrazone groups is 1. The molecule has 0 spiro atoms. The third-order valence-corrected chi connectivity index (χ3v) is 7.70. The molecule has 1 fully saturated rings. The molecule has 1 aliphatic heterocycles. The summed E-state index contributed by atoms with van der Waals surface area (Å²) in [6, 6.07) is 14.1. The second-order valence-electron chi connectivity index (χ2n) is 9.79. The second-order valence-corrected chi connectivity index (χ2v) is 10.2. The number of hydrogen-bond donors (Lipinski definition) is 2. The van der Waals surface area contributed by atoms with Gasteiger partial charge in [-0.1, -0.05) is 54.9 Å². The van der Waals surface area contributed by atoms with E-state index in [0.717, 1.165) is 48.8 Å². The van der Waals surface area contributed by atoms with Crippen molar-refractivity contribution < 1.29 is 14.6 Å². The topological polar surface area (TPSA) is 113 Å². The molecule has 8 nitrogen and oxygen atoms in total. The number of ether oxygens (including phenoxy) is 1. The van der Waals surface area contributed by atoms with Gasteiger partial charge in [-0.15, -0.1) is 5.11 Å². The van der Waals surface area contributed by atoms with Gasteiger partial charge in [-0.3, -0.25) is 4.79 Å². The number of aliphatic hydroxyl groups is 1. The predicted molar refractivity (Wildman–Crippen MR) is 152 cm³/mol. The number of methoxy groups -OCH3 is 1. The molecule has 1 heterocycles. The lowest BCUT2D eigenvalue weighted by atomic mass is 9.72. The van der Waals surface area contributed by atoms with Crippen molar-refractivity contribution in [2.24, 2.45) is 27.1 Å². The molecule has 2 atom stereocenters. The molecule has 3 N–H and O–H groups in total. The molecular weight excluding hydrogens is 502 g/mol. The normalized spacial score (nSPS) is 18.1. The second kappa shape index (κ2) is 14.4. The summed E-state index contributed by atoms with van der Waals surface area (Å²) in [5.74, 6) is 5.27. The van der Waals surface area contributed by atoms with E-state index in [4.69, 9.17) is 22.2 Å². The molecule has 1 aliphatic rings. The molecular formula is C29H40ClN5O3. The molecule has 9 heteroatoms. The molecule has 0 radical (unpaired) electrons. The van der Waals surface area contributed by atoms with E-state index >= 15 is 0 Å². The fourth-order valence-corrected chi connectivity index (χ4v) is 5.67. The van der Waals surface area contributed by atoms with Crippen LogP contribution >= 0.6 is 11.6 Å². The van der Waals surface area contributed by atoms with Crippen LogP contribution in [0.2, 0.25) is 5.02 Å². The Morgan fingerprint density at radius 3 is 2.76 bits per heavy atom. The first-order chi connectivity index (χ1) is 18.4. The Hall–Kier alpha value is -2.81. The molecule has 1 amide bonds. The van der Waals surface area contributed by atoms with E-state index in [1.54, 1.807) is 12.0 Å². The Morgan fingerprint density at radius 2 is 2.05 bits per heavy atom. The van der Waals surface area contributed by atoms with Crippen LogP contribution in [0.3, 0.4) is 0 Å². The maximum Gasteiger partial charge on any atom is 0.230 e. The van der Waals surface area contributed by atoms with Crippen LogP contribution in [0.25, 0.3) is 11.1 Å². The summed E-state index contributed by atoms with van der Waals surface area (Å²) >= 11 is 6.83. The van der Waals surface area contributed by atoms with E-state index < -0.39 is 5.60 Å². The van der Waals surface area contributed by atoms with Crippen LogP contribution in [-0.2, 0) is 21.6 Å². The van der Waals surface area contributed by atoms with Gasteiger partial charge < -0.3 is 20.6 Å². The van der Waals surface area contributed by atoms with E-state index in [1.807, 2.05) is 30.3 Å². The quantitative estimate of drug-likeness (QED) is 0.0968. The number of azo groups is 1. The van der Waals surface area contributed by atoms with Gasteiger partial charge in [-0.05, 0) is 61.3 Å². The lowest BCUT2D eigenvalue weighted by Crippen LogP contribution is -2.48. The highest BCUT2D eigenvalue weighted by atomic mass is 35.5.